The first-order valence-electron chi connectivity index (χ1n) is 13.7. The highest BCUT2D eigenvalue weighted by atomic mass is 16.5. The van der Waals surface area contributed by atoms with Crippen LogP contribution in [0.15, 0.2) is 112 Å². The zero-order valence-electron chi connectivity index (χ0n) is 23.4. The third-order valence-electron chi connectivity index (χ3n) is 7.38. The van der Waals surface area contributed by atoms with Gasteiger partial charge in [0, 0.05) is 42.6 Å². The molecular formula is C33H32N6O2. The Morgan fingerprint density at radius 3 is 2.63 bits per heavy atom. The first-order valence-corrected chi connectivity index (χ1v) is 13.7. The summed E-state index contributed by atoms with van der Waals surface area (Å²) in [6.45, 7) is 0. The lowest BCUT2D eigenvalue weighted by molar-refractivity contribution is 0.303. The van der Waals surface area contributed by atoms with Gasteiger partial charge < -0.3 is 25.0 Å². The van der Waals surface area contributed by atoms with E-state index in [1.807, 2.05) is 60.7 Å². The minimum Gasteiger partial charge on any atom is -0.497 e. The Bertz CT molecular complexity index is 1690. The Labute approximate surface area is 239 Å². The molecule has 0 saturated carbocycles. The van der Waals surface area contributed by atoms with Crippen LogP contribution in [0, 0.1) is 0 Å². The van der Waals surface area contributed by atoms with Crippen LogP contribution in [-0.2, 0) is 11.2 Å². The van der Waals surface area contributed by atoms with Gasteiger partial charge in [-0.3, -0.25) is 0 Å². The molecule has 0 spiro atoms. The van der Waals surface area contributed by atoms with Crippen molar-refractivity contribution in [1.82, 2.24) is 14.9 Å². The number of anilines is 2. The summed E-state index contributed by atoms with van der Waals surface area (Å²) in [4.78, 5) is 17.0. The van der Waals surface area contributed by atoms with Gasteiger partial charge >= 0.3 is 0 Å². The van der Waals surface area contributed by atoms with E-state index in [1.165, 1.54) is 0 Å². The second-order valence-corrected chi connectivity index (χ2v) is 9.98. The summed E-state index contributed by atoms with van der Waals surface area (Å²) >= 11 is 0. The second-order valence-electron chi connectivity index (χ2n) is 9.98. The second kappa shape index (κ2) is 11.6. The highest BCUT2D eigenvalue weighted by Crippen LogP contribution is 2.30. The average Bonchev–Trinajstić information content (AvgIpc) is 3.02. The highest BCUT2D eigenvalue weighted by Gasteiger charge is 2.30. The molecule has 1 aromatic heterocycles. The first kappa shape index (κ1) is 26.2. The number of nitrogens with one attached hydrogen (secondary N) is 2. The normalized spacial score (nSPS) is 19.1. The summed E-state index contributed by atoms with van der Waals surface area (Å²) in [6, 6.07) is 16.2. The molecule has 8 nitrogen and oxygen atoms in total. The number of rotatable bonds is 9. The van der Waals surface area contributed by atoms with Crippen molar-refractivity contribution in [1.29, 1.82) is 0 Å². The predicted octanol–water partition coefficient (Wildman–Crippen LogP) is 5.76. The molecule has 2 unspecified atom stereocenters. The van der Waals surface area contributed by atoms with Gasteiger partial charge in [-0.1, -0.05) is 23.9 Å². The van der Waals surface area contributed by atoms with Crippen molar-refractivity contribution in [3.05, 3.63) is 113 Å². The van der Waals surface area contributed by atoms with E-state index in [-0.39, 0.29) is 12.2 Å². The van der Waals surface area contributed by atoms with Crippen molar-refractivity contribution in [3.8, 4) is 5.75 Å². The molecule has 8 heteroatoms. The largest absolute Gasteiger partial charge is 0.497 e. The molecule has 1 aliphatic heterocycles. The summed E-state index contributed by atoms with van der Waals surface area (Å²) in [7, 11) is 5.42. The number of ether oxygens (including phenoxy) is 2. The Hall–Kier alpha value is -5.03. The van der Waals surface area contributed by atoms with Crippen LogP contribution >= 0.6 is 0 Å². The van der Waals surface area contributed by atoms with Gasteiger partial charge in [-0.05, 0) is 72.9 Å². The number of hydrogen-bond donors (Lipinski definition) is 2. The average molecular weight is 545 g/mol. The Morgan fingerprint density at radius 2 is 1.85 bits per heavy atom. The lowest BCUT2D eigenvalue weighted by atomic mass is 10.0. The number of aliphatic imine (C=N–C) groups is 1. The maximum Gasteiger partial charge on any atom is 0.138 e. The number of para-hydroxylation sites is 1. The third kappa shape index (κ3) is 5.66. The molecule has 0 fully saturated rings. The topological polar surface area (TPSA) is 83.9 Å². The number of nitrogens with zero attached hydrogens (tertiary/aromatic N) is 4. The molecule has 2 aromatic carbocycles. The van der Waals surface area contributed by atoms with Crippen molar-refractivity contribution in [2.24, 2.45) is 4.99 Å². The van der Waals surface area contributed by atoms with Crippen molar-refractivity contribution < 1.29 is 9.47 Å². The summed E-state index contributed by atoms with van der Waals surface area (Å²) < 4.78 is 10.7. The van der Waals surface area contributed by atoms with Gasteiger partial charge in [0.25, 0.3) is 0 Å². The fraction of sp³-hybridized carbons (Fsp3) is 0.242. The Balaban J connectivity index is 1.23. The van der Waals surface area contributed by atoms with E-state index < -0.39 is 0 Å². The van der Waals surface area contributed by atoms with Gasteiger partial charge in [-0.15, -0.1) is 0 Å². The van der Waals surface area contributed by atoms with E-state index in [4.69, 9.17) is 24.4 Å². The van der Waals surface area contributed by atoms with Crippen molar-refractivity contribution >= 4 is 28.2 Å². The van der Waals surface area contributed by atoms with Crippen molar-refractivity contribution in [3.63, 3.8) is 0 Å². The zero-order chi connectivity index (χ0) is 28.2. The fourth-order valence-corrected chi connectivity index (χ4v) is 5.13. The lowest BCUT2D eigenvalue weighted by Gasteiger charge is -2.37. The molecule has 2 atom stereocenters. The van der Waals surface area contributed by atoms with Gasteiger partial charge in [-0.25, -0.2) is 15.0 Å². The molecular weight excluding hydrogens is 512 g/mol. The Kier molecular flexibility index (Phi) is 7.42. The Morgan fingerprint density at radius 1 is 1.00 bits per heavy atom. The van der Waals surface area contributed by atoms with Crippen LogP contribution in [0.1, 0.15) is 18.7 Å². The van der Waals surface area contributed by atoms with Crippen LogP contribution in [0.5, 0.6) is 5.75 Å². The molecule has 2 heterocycles. The van der Waals surface area contributed by atoms with Gasteiger partial charge in [-0.2, -0.15) is 0 Å². The number of aromatic nitrogens is 2. The SMILES string of the molecule is COC1=CCC(Nc2nc(CCC3=NC4=C=C=CC=C4C(Nc4ccc(OC)cc4)N3C)nc3ccccc23)C=C1. The van der Waals surface area contributed by atoms with E-state index in [0.29, 0.717) is 12.8 Å². The monoisotopic (exact) mass is 544 g/mol. The minimum absolute atomic E-state index is 0.116. The molecule has 3 aromatic rings. The quantitative estimate of drug-likeness (QED) is 0.332. The van der Waals surface area contributed by atoms with E-state index >= 15 is 0 Å². The van der Waals surface area contributed by atoms with E-state index in [1.54, 1.807) is 14.2 Å². The molecule has 0 amide bonds. The summed E-state index contributed by atoms with van der Waals surface area (Å²) in [5.74, 6) is 4.23. The number of benzene rings is 2. The lowest BCUT2D eigenvalue weighted by Crippen LogP contribution is -2.46. The zero-order valence-corrected chi connectivity index (χ0v) is 23.4. The van der Waals surface area contributed by atoms with Crippen molar-refractivity contribution in [2.45, 2.75) is 31.5 Å². The third-order valence-corrected chi connectivity index (χ3v) is 7.38. The van der Waals surface area contributed by atoms with Crippen molar-refractivity contribution in [2.75, 3.05) is 31.9 Å². The number of allylic oxidation sites excluding steroid dienone is 3. The molecule has 3 aliphatic rings. The van der Waals surface area contributed by atoms with Gasteiger partial charge in [0.1, 0.15) is 40.8 Å². The van der Waals surface area contributed by atoms with Crippen LogP contribution in [0.3, 0.4) is 0 Å². The smallest absolute Gasteiger partial charge is 0.138 e. The molecule has 206 valence electrons. The number of aryl methyl sites for hydroxylation is 1. The number of likely N-dealkylation sites (N-methyl/N-ethyl adjacent to an activating group) is 1. The number of amidine groups is 1. The van der Waals surface area contributed by atoms with Gasteiger partial charge in [0.2, 0.25) is 0 Å². The highest BCUT2D eigenvalue weighted by molar-refractivity contribution is 5.90. The molecule has 0 radical (unpaired) electrons. The van der Waals surface area contributed by atoms with E-state index in [0.717, 1.165) is 63.3 Å². The maximum absolute atomic E-state index is 5.34. The van der Waals surface area contributed by atoms with Crippen LogP contribution in [0.25, 0.3) is 10.9 Å². The number of methoxy groups -OCH3 is 2. The molecule has 0 bridgehead atoms. The van der Waals surface area contributed by atoms with Gasteiger partial charge in [0.15, 0.2) is 0 Å². The molecule has 2 aliphatic carbocycles. The van der Waals surface area contributed by atoms with Gasteiger partial charge in [0.05, 0.1) is 19.7 Å². The van der Waals surface area contributed by atoms with E-state index in [9.17, 15) is 0 Å². The fourth-order valence-electron chi connectivity index (χ4n) is 5.13. The summed E-state index contributed by atoms with van der Waals surface area (Å²) in [6.07, 6.45) is 12.1. The predicted molar refractivity (Wildman–Crippen MR) is 163 cm³/mol. The number of hydrogen-bond acceptors (Lipinski definition) is 8. The molecule has 6 rings (SSSR count). The standard InChI is InChI=1S/C33H32N6O2/c1-39-31(37-29-11-7-5-9-27(29)33(39)35-23-14-18-25(41-3)19-15-23)21-20-30-36-28-10-6-4-8-26(28)32(38-30)34-22-12-16-24(40-2)17-13-22/h4-6,8-10,12,14-19,22,33,35H,13,20-21H2,1-3H3,(H,34,36,38). The molecule has 2 N–H and O–H groups in total. The minimum atomic E-state index is -0.116. The van der Waals surface area contributed by atoms with Crippen LogP contribution in [-0.4, -0.2) is 54.2 Å². The van der Waals surface area contributed by atoms with E-state index in [2.05, 4.69) is 52.3 Å². The maximum atomic E-state index is 5.34. The van der Waals surface area contributed by atoms with Crippen LogP contribution in [0.2, 0.25) is 0 Å². The first-order chi connectivity index (χ1) is 20.1. The molecule has 41 heavy (non-hydrogen) atoms. The summed E-state index contributed by atoms with van der Waals surface area (Å²) in [5, 5.41) is 8.25. The number of fused-ring (bicyclic) bond motifs is 2. The molecule has 0 saturated heterocycles. The summed E-state index contributed by atoms with van der Waals surface area (Å²) in [5.41, 5.74) is 10.00. The van der Waals surface area contributed by atoms with Crippen LogP contribution < -0.4 is 15.4 Å². The van der Waals surface area contributed by atoms with Crippen LogP contribution in [0.4, 0.5) is 11.5 Å².